The van der Waals surface area contributed by atoms with E-state index in [4.69, 9.17) is 0 Å². The number of aryl methyl sites for hydroxylation is 1. The number of aromatic nitrogens is 1. The molecule has 0 saturated carbocycles. The van der Waals surface area contributed by atoms with Gasteiger partial charge < -0.3 is 9.88 Å². The molecule has 6 nitrogen and oxygen atoms in total. The molecule has 3 rings (SSSR count). The molecule has 26 heavy (non-hydrogen) atoms. The summed E-state index contributed by atoms with van der Waals surface area (Å²) in [7, 11) is -1.66. The van der Waals surface area contributed by atoms with Crippen LogP contribution in [-0.2, 0) is 21.9 Å². The fourth-order valence-electron chi connectivity index (χ4n) is 3.48. The third-order valence-electron chi connectivity index (χ3n) is 5.08. The lowest BCUT2D eigenvalue weighted by atomic mass is 9.99. The first-order valence-corrected chi connectivity index (χ1v) is 10.7. The van der Waals surface area contributed by atoms with Gasteiger partial charge in [-0.15, -0.1) is 0 Å². The molecule has 142 valence electrons. The van der Waals surface area contributed by atoms with E-state index in [1.807, 2.05) is 29.9 Å². The van der Waals surface area contributed by atoms with E-state index < -0.39 is 10.0 Å². The lowest BCUT2D eigenvalue weighted by molar-refractivity contribution is -0.126. The summed E-state index contributed by atoms with van der Waals surface area (Å²) >= 11 is 0. The van der Waals surface area contributed by atoms with Gasteiger partial charge in [-0.2, -0.15) is 4.31 Å². The minimum Gasteiger partial charge on any atom is -0.356 e. The largest absolute Gasteiger partial charge is 0.356 e. The van der Waals surface area contributed by atoms with E-state index in [1.165, 1.54) is 4.31 Å². The Morgan fingerprint density at radius 3 is 2.88 bits per heavy atom. The zero-order valence-corrected chi connectivity index (χ0v) is 16.3. The van der Waals surface area contributed by atoms with Crippen molar-refractivity contribution in [3.63, 3.8) is 0 Å². The minimum absolute atomic E-state index is 0.0307. The van der Waals surface area contributed by atoms with Gasteiger partial charge in [0.15, 0.2) is 0 Å². The average molecular weight is 378 g/mol. The van der Waals surface area contributed by atoms with Gasteiger partial charge in [-0.05, 0) is 43.5 Å². The number of benzene rings is 1. The summed E-state index contributed by atoms with van der Waals surface area (Å²) in [5, 5.41) is 3.83. The second-order valence-corrected chi connectivity index (χ2v) is 8.93. The number of unbranched alkanes of at least 4 members (excludes halogenated alkanes) is 1. The molecule has 2 aromatic rings. The van der Waals surface area contributed by atoms with Crippen molar-refractivity contribution in [2.75, 3.05) is 19.6 Å². The Hall–Kier alpha value is -1.86. The van der Waals surface area contributed by atoms with Gasteiger partial charge in [0.05, 0.1) is 10.8 Å². The predicted octanol–water partition coefficient (Wildman–Crippen LogP) is 2.50. The van der Waals surface area contributed by atoms with Crippen molar-refractivity contribution < 1.29 is 13.2 Å². The van der Waals surface area contributed by atoms with Crippen LogP contribution >= 0.6 is 0 Å². The Balaban J connectivity index is 1.76. The topological polar surface area (TPSA) is 71.4 Å². The second kappa shape index (κ2) is 7.80. The maximum atomic E-state index is 13.1. The molecule has 0 aliphatic carbocycles. The number of hydrogen-bond donors (Lipinski definition) is 1. The van der Waals surface area contributed by atoms with Crippen molar-refractivity contribution in [2.45, 2.75) is 37.5 Å². The third kappa shape index (κ3) is 3.78. The molecule has 1 aliphatic rings. The van der Waals surface area contributed by atoms with Crippen molar-refractivity contribution in [3.05, 3.63) is 30.5 Å². The zero-order valence-electron chi connectivity index (χ0n) is 15.4. The molecule has 7 heteroatoms. The van der Waals surface area contributed by atoms with E-state index in [9.17, 15) is 13.2 Å². The molecule has 1 fully saturated rings. The lowest BCUT2D eigenvalue weighted by Gasteiger charge is -2.31. The summed E-state index contributed by atoms with van der Waals surface area (Å²) in [4.78, 5) is 12.6. The SMILES string of the molecule is CCCCNC(=O)C1CCCN(S(=O)(=O)c2ccc3c(ccn3C)c2)C1. The highest BCUT2D eigenvalue weighted by atomic mass is 32.2. The van der Waals surface area contributed by atoms with Gasteiger partial charge in [0.2, 0.25) is 15.9 Å². The van der Waals surface area contributed by atoms with Crippen LogP contribution in [0.25, 0.3) is 10.9 Å². The monoisotopic (exact) mass is 377 g/mol. The molecule has 0 bridgehead atoms. The average Bonchev–Trinajstić information content (AvgIpc) is 3.02. The first-order chi connectivity index (χ1) is 12.4. The molecular formula is C19H27N3O3S. The Bertz CT molecular complexity index is 889. The molecule has 1 saturated heterocycles. The lowest BCUT2D eigenvalue weighted by Crippen LogP contribution is -2.45. The van der Waals surface area contributed by atoms with Gasteiger partial charge in [0.1, 0.15) is 0 Å². The number of nitrogens with zero attached hydrogens (tertiary/aromatic N) is 2. The van der Waals surface area contributed by atoms with Crippen LogP contribution in [0.5, 0.6) is 0 Å². The number of rotatable bonds is 6. The molecule has 1 aromatic heterocycles. The van der Waals surface area contributed by atoms with E-state index in [2.05, 4.69) is 12.2 Å². The van der Waals surface area contributed by atoms with Gasteiger partial charge in [0, 0.05) is 43.8 Å². The first kappa shape index (κ1) is 18.9. The number of amides is 1. The van der Waals surface area contributed by atoms with Gasteiger partial charge in [-0.3, -0.25) is 4.79 Å². The molecule has 0 radical (unpaired) electrons. The summed E-state index contributed by atoms with van der Waals surface area (Å²) in [6.45, 7) is 3.45. The van der Waals surface area contributed by atoms with Gasteiger partial charge in [0.25, 0.3) is 0 Å². The van der Waals surface area contributed by atoms with E-state index >= 15 is 0 Å². The highest BCUT2D eigenvalue weighted by molar-refractivity contribution is 7.89. The number of piperidine rings is 1. The molecule has 0 spiro atoms. The van der Waals surface area contributed by atoms with Crippen molar-refractivity contribution in [3.8, 4) is 0 Å². The highest BCUT2D eigenvalue weighted by Gasteiger charge is 2.33. The van der Waals surface area contributed by atoms with Gasteiger partial charge in [-0.1, -0.05) is 13.3 Å². The van der Waals surface area contributed by atoms with Crippen LogP contribution in [0, 0.1) is 5.92 Å². The van der Waals surface area contributed by atoms with Crippen molar-refractivity contribution >= 4 is 26.8 Å². The maximum absolute atomic E-state index is 13.1. The quantitative estimate of drug-likeness (QED) is 0.786. The number of fused-ring (bicyclic) bond motifs is 1. The van der Waals surface area contributed by atoms with Crippen LogP contribution in [0.1, 0.15) is 32.6 Å². The molecule has 1 aliphatic heterocycles. The number of sulfonamides is 1. The van der Waals surface area contributed by atoms with Crippen LogP contribution in [-0.4, -0.2) is 42.8 Å². The Morgan fingerprint density at radius 2 is 2.12 bits per heavy atom. The highest BCUT2D eigenvalue weighted by Crippen LogP contribution is 2.26. The number of carbonyl (C=O) groups excluding carboxylic acids is 1. The Labute approximate surface area is 155 Å². The number of hydrogen-bond acceptors (Lipinski definition) is 3. The van der Waals surface area contributed by atoms with Crippen LogP contribution in [0.3, 0.4) is 0 Å². The first-order valence-electron chi connectivity index (χ1n) is 9.26. The smallest absolute Gasteiger partial charge is 0.243 e. The summed E-state index contributed by atoms with van der Waals surface area (Å²) < 4.78 is 29.5. The Kier molecular flexibility index (Phi) is 5.67. The molecular weight excluding hydrogens is 350 g/mol. The van der Waals surface area contributed by atoms with Crippen molar-refractivity contribution in [2.24, 2.45) is 13.0 Å². The summed E-state index contributed by atoms with van der Waals surface area (Å²) in [5.74, 6) is -0.298. The van der Waals surface area contributed by atoms with Crippen molar-refractivity contribution in [1.29, 1.82) is 0 Å². The van der Waals surface area contributed by atoms with Crippen LogP contribution in [0.2, 0.25) is 0 Å². The Morgan fingerprint density at radius 1 is 1.31 bits per heavy atom. The van der Waals surface area contributed by atoms with Crippen LogP contribution in [0.4, 0.5) is 0 Å². The fourth-order valence-corrected chi connectivity index (χ4v) is 5.04. The summed E-state index contributed by atoms with van der Waals surface area (Å²) in [6, 6.07) is 7.12. The van der Waals surface area contributed by atoms with Crippen LogP contribution < -0.4 is 5.32 Å². The van der Waals surface area contributed by atoms with E-state index in [1.54, 1.807) is 12.1 Å². The predicted molar refractivity (Wildman–Crippen MR) is 102 cm³/mol. The fraction of sp³-hybridized carbons (Fsp3) is 0.526. The van der Waals surface area contributed by atoms with E-state index in [0.29, 0.717) is 24.4 Å². The standard InChI is InChI=1S/C19H27N3O3S/c1-3-4-10-20-19(23)16-6-5-11-22(14-16)26(24,25)17-7-8-18-15(13-17)9-12-21(18)2/h7-9,12-13,16H,3-6,10-11,14H2,1-2H3,(H,20,23). The van der Waals surface area contributed by atoms with E-state index in [0.717, 1.165) is 30.2 Å². The minimum atomic E-state index is -3.59. The maximum Gasteiger partial charge on any atom is 0.243 e. The van der Waals surface area contributed by atoms with Gasteiger partial charge in [-0.25, -0.2) is 8.42 Å². The number of carbonyl (C=O) groups is 1. The second-order valence-electron chi connectivity index (χ2n) is 6.99. The molecule has 1 atom stereocenters. The summed E-state index contributed by atoms with van der Waals surface area (Å²) in [5.41, 5.74) is 0.996. The number of nitrogens with one attached hydrogen (secondary N) is 1. The van der Waals surface area contributed by atoms with Crippen molar-refractivity contribution in [1.82, 2.24) is 14.2 Å². The molecule has 2 heterocycles. The van der Waals surface area contributed by atoms with E-state index in [-0.39, 0.29) is 18.4 Å². The molecule has 1 N–H and O–H groups in total. The molecule has 1 unspecified atom stereocenters. The zero-order chi connectivity index (χ0) is 18.7. The normalized spacial score (nSPS) is 18.9. The summed E-state index contributed by atoms with van der Waals surface area (Å²) in [6.07, 6.45) is 5.32. The molecule has 1 aromatic carbocycles. The third-order valence-corrected chi connectivity index (χ3v) is 6.94. The van der Waals surface area contributed by atoms with Crippen LogP contribution in [0.15, 0.2) is 35.4 Å². The van der Waals surface area contributed by atoms with Gasteiger partial charge >= 0.3 is 0 Å². The molecule has 1 amide bonds.